The van der Waals surface area contributed by atoms with Crippen molar-refractivity contribution in [1.82, 2.24) is 9.97 Å². The molecule has 2 aromatic heterocycles. The van der Waals surface area contributed by atoms with E-state index in [2.05, 4.69) is 56.0 Å². The van der Waals surface area contributed by atoms with Gasteiger partial charge < -0.3 is 10.1 Å². The van der Waals surface area contributed by atoms with Crippen LogP contribution >= 0.6 is 11.3 Å². The maximum absolute atomic E-state index is 6.16. The number of rotatable bonds is 7. The summed E-state index contributed by atoms with van der Waals surface area (Å²) in [5, 5.41) is 4.29. The van der Waals surface area contributed by atoms with Gasteiger partial charge in [-0.05, 0) is 39.2 Å². The highest BCUT2D eigenvalue weighted by atomic mass is 32.1. The Labute approximate surface area is 131 Å². The first-order valence-electron chi connectivity index (χ1n) is 7.72. The summed E-state index contributed by atoms with van der Waals surface area (Å²) in [4.78, 5) is 11.5. The monoisotopic (exact) mass is 307 g/mol. The minimum Gasteiger partial charge on any atom is -0.471 e. The van der Waals surface area contributed by atoms with Crippen molar-refractivity contribution in [3.05, 3.63) is 10.9 Å². The van der Waals surface area contributed by atoms with Gasteiger partial charge in [-0.2, -0.15) is 4.98 Å². The molecular formula is C16H25N3OS. The smallest absolute Gasteiger partial charge is 0.227 e. The van der Waals surface area contributed by atoms with Crippen LogP contribution in [0.2, 0.25) is 0 Å². The largest absolute Gasteiger partial charge is 0.471 e. The molecule has 0 spiro atoms. The number of aryl methyl sites for hydroxylation is 1. The van der Waals surface area contributed by atoms with Crippen LogP contribution in [0, 0.1) is 0 Å². The quantitative estimate of drug-likeness (QED) is 0.809. The standard InChI is InChI=1S/C16H25N3OS/c1-6-9-17-15-18-13(20-16(4,5)8-3)12-10-11(7-2)21-14(12)19-15/h10H,6-9H2,1-5H3,(H,17,18,19). The summed E-state index contributed by atoms with van der Waals surface area (Å²) < 4.78 is 6.16. The first-order chi connectivity index (χ1) is 9.99. The zero-order chi connectivity index (χ0) is 15.5. The lowest BCUT2D eigenvalue weighted by Crippen LogP contribution is -2.27. The van der Waals surface area contributed by atoms with E-state index in [9.17, 15) is 0 Å². The molecule has 0 amide bonds. The van der Waals surface area contributed by atoms with Crippen molar-refractivity contribution in [3.8, 4) is 5.88 Å². The van der Waals surface area contributed by atoms with Gasteiger partial charge in [0, 0.05) is 11.4 Å². The lowest BCUT2D eigenvalue weighted by Gasteiger charge is -2.24. The van der Waals surface area contributed by atoms with Crippen molar-refractivity contribution in [1.29, 1.82) is 0 Å². The molecule has 0 saturated heterocycles. The van der Waals surface area contributed by atoms with Gasteiger partial charge in [-0.3, -0.25) is 0 Å². The SMILES string of the molecule is CCCNc1nc(OC(C)(C)CC)c2cc(CC)sc2n1. The number of ether oxygens (including phenoxy) is 1. The number of thiophene rings is 1. The van der Waals surface area contributed by atoms with Gasteiger partial charge in [0.1, 0.15) is 10.4 Å². The van der Waals surface area contributed by atoms with E-state index < -0.39 is 0 Å². The minimum atomic E-state index is -0.225. The lowest BCUT2D eigenvalue weighted by atomic mass is 10.1. The van der Waals surface area contributed by atoms with Crippen LogP contribution in [0.1, 0.15) is 52.3 Å². The van der Waals surface area contributed by atoms with Crippen LogP contribution in [0.15, 0.2) is 6.07 Å². The van der Waals surface area contributed by atoms with Crippen LogP contribution in [0.25, 0.3) is 10.2 Å². The molecule has 0 aliphatic carbocycles. The molecule has 0 radical (unpaired) electrons. The Morgan fingerprint density at radius 3 is 2.62 bits per heavy atom. The number of nitrogens with one attached hydrogen (secondary N) is 1. The van der Waals surface area contributed by atoms with Gasteiger partial charge in [0.25, 0.3) is 0 Å². The summed E-state index contributed by atoms with van der Waals surface area (Å²) in [5.74, 6) is 1.36. The molecule has 2 heterocycles. The Morgan fingerprint density at radius 1 is 1.24 bits per heavy atom. The molecular weight excluding hydrogens is 282 g/mol. The summed E-state index contributed by atoms with van der Waals surface area (Å²) in [6.07, 6.45) is 2.99. The van der Waals surface area contributed by atoms with Crippen molar-refractivity contribution in [3.63, 3.8) is 0 Å². The fourth-order valence-corrected chi connectivity index (χ4v) is 2.80. The summed E-state index contributed by atoms with van der Waals surface area (Å²) in [6, 6.07) is 2.16. The zero-order valence-corrected chi connectivity index (χ0v) is 14.4. The van der Waals surface area contributed by atoms with Crippen molar-refractivity contribution >= 4 is 27.5 Å². The third kappa shape index (κ3) is 3.84. The average molecular weight is 307 g/mol. The van der Waals surface area contributed by atoms with E-state index in [0.29, 0.717) is 11.8 Å². The van der Waals surface area contributed by atoms with E-state index in [0.717, 1.165) is 36.0 Å². The van der Waals surface area contributed by atoms with Gasteiger partial charge in [0.05, 0.1) is 5.39 Å². The number of hydrogen-bond donors (Lipinski definition) is 1. The van der Waals surface area contributed by atoms with Crippen molar-refractivity contribution in [2.75, 3.05) is 11.9 Å². The molecule has 0 aliphatic rings. The number of nitrogens with zero attached hydrogens (tertiary/aromatic N) is 2. The van der Waals surface area contributed by atoms with E-state index in [1.807, 2.05) is 0 Å². The fraction of sp³-hybridized carbons (Fsp3) is 0.625. The van der Waals surface area contributed by atoms with E-state index in [1.165, 1.54) is 4.88 Å². The third-order valence-electron chi connectivity index (χ3n) is 3.51. The predicted molar refractivity (Wildman–Crippen MR) is 90.6 cm³/mol. The van der Waals surface area contributed by atoms with E-state index in [-0.39, 0.29) is 5.60 Å². The highest BCUT2D eigenvalue weighted by Gasteiger charge is 2.21. The molecule has 2 aromatic rings. The molecule has 0 aliphatic heterocycles. The highest BCUT2D eigenvalue weighted by molar-refractivity contribution is 7.18. The molecule has 0 bridgehead atoms. The molecule has 5 heteroatoms. The molecule has 1 N–H and O–H groups in total. The Morgan fingerprint density at radius 2 is 2.00 bits per heavy atom. The second-order valence-electron chi connectivity index (χ2n) is 5.78. The van der Waals surface area contributed by atoms with Crippen molar-refractivity contribution in [2.45, 2.75) is 59.5 Å². The molecule has 21 heavy (non-hydrogen) atoms. The van der Waals surface area contributed by atoms with E-state index in [1.54, 1.807) is 11.3 Å². The molecule has 0 unspecified atom stereocenters. The van der Waals surface area contributed by atoms with Crippen molar-refractivity contribution < 1.29 is 4.74 Å². The zero-order valence-electron chi connectivity index (χ0n) is 13.6. The molecule has 0 atom stereocenters. The van der Waals surface area contributed by atoms with E-state index in [4.69, 9.17) is 4.74 Å². The maximum atomic E-state index is 6.16. The fourth-order valence-electron chi connectivity index (χ4n) is 1.85. The summed E-state index contributed by atoms with van der Waals surface area (Å²) in [6.45, 7) is 11.5. The average Bonchev–Trinajstić information content (AvgIpc) is 2.88. The van der Waals surface area contributed by atoms with Gasteiger partial charge in [-0.15, -0.1) is 11.3 Å². The van der Waals surface area contributed by atoms with Crippen LogP contribution < -0.4 is 10.1 Å². The van der Waals surface area contributed by atoms with Gasteiger partial charge in [0.15, 0.2) is 0 Å². The molecule has 116 valence electrons. The molecule has 0 saturated carbocycles. The Balaban J connectivity index is 2.45. The number of hydrogen-bond acceptors (Lipinski definition) is 5. The second kappa shape index (κ2) is 6.60. The Bertz CT molecular complexity index is 607. The molecule has 2 rings (SSSR count). The van der Waals surface area contributed by atoms with Crippen LogP contribution in [-0.2, 0) is 6.42 Å². The van der Waals surface area contributed by atoms with Gasteiger partial charge >= 0.3 is 0 Å². The molecule has 0 aromatic carbocycles. The first-order valence-corrected chi connectivity index (χ1v) is 8.54. The number of fused-ring (bicyclic) bond motifs is 1. The number of anilines is 1. The molecule has 4 nitrogen and oxygen atoms in total. The summed E-state index contributed by atoms with van der Waals surface area (Å²) in [5.41, 5.74) is -0.225. The van der Waals surface area contributed by atoms with Gasteiger partial charge in [-0.25, -0.2) is 4.98 Å². The maximum Gasteiger partial charge on any atom is 0.227 e. The minimum absolute atomic E-state index is 0.225. The highest BCUT2D eigenvalue weighted by Crippen LogP contribution is 2.33. The van der Waals surface area contributed by atoms with Crippen LogP contribution in [-0.4, -0.2) is 22.1 Å². The van der Waals surface area contributed by atoms with Crippen LogP contribution in [0.4, 0.5) is 5.95 Å². The topological polar surface area (TPSA) is 47.0 Å². The third-order valence-corrected chi connectivity index (χ3v) is 4.69. The summed E-state index contributed by atoms with van der Waals surface area (Å²) in [7, 11) is 0. The van der Waals surface area contributed by atoms with Crippen LogP contribution in [0.5, 0.6) is 5.88 Å². The van der Waals surface area contributed by atoms with Crippen LogP contribution in [0.3, 0.4) is 0 Å². The Hall–Kier alpha value is -1.36. The normalized spacial score (nSPS) is 11.9. The lowest BCUT2D eigenvalue weighted by molar-refractivity contribution is 0.101. The molecule has 0 fully saturated rings. The van der Waals surface area contributed by atoms with Gasteiger partial charge in [-0.1, -0.05) is 20.8 Å². The Kier molecular flexibility index (Phi) is 5.04. The predicted octanol–water partition coefficient (Wildman–Crippen LogP) is 4.64. The number of aromatic nitrogens is 2. The first kappa shape index (κ1) is 16.0. The van der Waals surface area contributed by atoms with E-state index >= 15 is 0 Å². The second-order valence-corrected chi connectivity index (χ2v) is 6.89. The summed E-state index contributed by atoms with van der Waals surface area (Å²) >= 11 is 1.72. The van der Waals surface area contributed by atoms with Gasteiger partial charge in [0.2, 0.25) is 11.8 Å². The van der Waals surface area contributed by atoms with Crippen molar-refractivity contribution in [2.24, 2.45) is 0 Å².